The highest BCUT2D eigenvalue weighted by atomic mass is 16.6. The lowest BCUT2D eigenvalue weighted by molar-refractivity contribution is -0.161. The van der Waals surface area contributed by atoms with Gasteiger partial charge in [-0.2, -0.15) is 0 Å². The largest absolute Gasteiger partial charge is 0.462 e. The van der Waals surface area contributed by atoms with Crippen LogP contribution in [0, 0.1) is 0 Å². The van der Waals surface area contributed by atoms with Gasteiger partial charge in [-0.1, -0.05) is 161 Å². The van der Waals surface area contributed by atoms with Gasteiger partial charge in [0.25, 0.3) is 0 Å². The minimum Gasteiger partial charge on any atom is -0.462 e. The molecule has 3 N–H and O–H groups in total. The van der Waals surface area contributed by atoms with Gasteiger partial charge < -0.3 is 24.8 Å². The van der Waals surface area contributed by atoms with Crippen molar-refractivity contribution in [3.8, 4) is 0 Å². The lowest BCUT2D eigenvalue weighted by Crippen LogP contribution is -2.28. The molecule has 47 heavy (non-hydrogen) atoms. The van der Waals surface area contributed by atoms with Crippen molar-refractivity contribution in [2.75, 3.05) is 13.2 Å². The van der Waals surface area contributed by atoms with E-state index in [0.717, 1.165) is 51.4 Å². The van der Waals surface area contributed by atoms with Gasteiger partial charge in [-0.15, -0.1) is 0 Å². The average molecular weight is 669 g/mol. The number of hydrogen-bond donors (Lipinski definition) is 3. The third-order valence-electron chi connectivity index (χ3n) is 9.01. The summed E-state index contributed by atoms with van der Waals surface area (Å²) in [5.74, 6) is -0.694. The fourth-order valence-corrected chi connectivity index (χ4v) is 5.81. The molecular formula is C40H76O7. The molecule has 0 aliphatic rings. The molecule has 0 bridgehead atoms. The first kappa shape index (κ1) is 45.6. The molecule has 0 aliphatic carbocycles. The van der Waals surface area contributed by atoms with Gasteiger partial charge in [-0.3, -0.25) is 9.59 Å². The van der Waals surface area contributed by atoms with Crippen LogP contribution in [0.3, 0.4) is 0 Å². The zero-order chi connectivity index (χ0) is 34.6. The molecule has 7 nitrogen and oxygen atoms in total. The maximum atomic E-state index is 12.2. The third kappa shape index (κ3) is 32.9. The normalized spacial score (nSPS) is 13.6. The highest BCUT2D eigenvalue weighted by molar-refractivity contribution is 5.70. The fraction of sp³-hybridized carbons (Fsp3) is 0.900. The van der Waals surface area contributed by atoms with Crippen molar-refractivity contribution < 1.29 is 34.4 Å². The van der Waals surface area contributed by atoms with Gasteiger partial charge in [0, 0.05) is 12.8 Å². The van der Waals surface area contributed by atoms with Crippen molar-refractivity contribution in [1.29, 1.82) is 0 Å². The van der Waals surface area contributed by atoms with Crippen LogP contribution in [0.25, 0.3) is 0 Å². The summed E-state index contributed by atoms with van der Waals surface area (Å²) >= 11 is 0. The number of aliphatic hydroxyl groups excluding tert-OH is 3. The minimum absolute atomic E-state index is 0.117. The summed E-state index contributed by atoms with van der Waals surface area (Å²) in [5, 5.41) is 29.8. The standard InChI is InChI=1S/C40H76O7/c1-3-5-7-9-11-12-13-14-15-16-17-18-19-20-24-29-33-40(45)47-36(34-41)35-46-39(44)32-28-25-21-23-27-31-38(43)37(42)30-26-22-10-8-6-4-2/h22,26,36-38,41-43H,3-21,23-25,27-35H2,1-2H3/b26-22-/t36-,37+,38+/m0/s1. The van der Waals surface area contributed by atoms with Crippen molar-refractivity contribution in [3.63, 3.8) is 0 Å². The molecule has 0 aromatic heterocycles. The van der Waals surface area contributed by atoms with Crippen LogP contribution in [0.1, 0.15) is 200 Å². The molecule has 0 aromatic rings. The van der Waals surface area contributed by atoms with E-state index in [1.54, 1.807) is 0 Å². The summed E-state index contributed by atoms with van der Waals surface area (Å²) in [6.07, 6.45) is 33.0. The van der Waals surface area contributed by atoms with Crippen molar-refractivity contribution >= 4 is 11.9 Å². The predicted molar refractivity (Wildman–Crippen MR) is 194 cm³/mol. The van der Waals surface area contributed by atoms with Crippen molar-refractivity contribution in [2.45, 2.75) is 218 Å². The summed E-state index contributed by atoms with van der Waals surface area (Å²) in [5.41, 5.74) is 0. The SMILES string of the molecule is CCCCC/C=C\C[C@@H](O)[C@H](O)CCCCCCCC(=O)OC[C@H](CO)OC(=O)CCCCCCCCCCCCCCCCCC. The van der Waals surface area contributed by atoms with Gasteiger partial charge in [0.2, 0.25) is 0 Å². The summed E-state index contributed by atoms with van der Waals surface area (Å²) in [6.45, 7) is 3.96. The van der Waals surface area contributed by atoms with Crippen molar-refractivity contribution in [2.24, 2.45) is 0 Å². The van der Waals surface area contributed by atoms with E-state index in [2.05, 4.69) is 19.9 Å². The Morgan fingerprint density at radius 1 is 0.553 bits per heavy atom. The van der Waals surface area contributed by atoms with Crippen molar-refractivity contribution in [3.05, 3.63) is 12.2 Å². The Morgan fingerprint density at radius 3 is 1.51 bits per heavy atom. The van der Waals surface area contributed by atoms with Crippen LogP contribution in [-0.4, -0.2) is 58.8 Å². The number of carbonyl (C=O) groups excluding carboxylic acids is 2. The van der Waals surface area contributed by atoms with Gasteiger partial charge in [-0.25, -0.2) is 0 Å². The summed E-state index contributed by atoms with van der Waals surface area (Å²) < 4.78 is 10.5. The highest BCUT2D eigenvalue weighted by Crippen LogP contribution is 2.15. The van der Waals surface area contributed by atoms with E-state index in [4.69, 9.17) is 9.47 Å². The molecule has 0 fully saturated rings. The lowest BCUT2D eigenvalue weighted by atomic mass is 10.0. The Kier molecular flexibility index (Phi) is 34.8. The van der Waals surface area contributed by atoms with Crippen molar-refractivity contribution in [1.82, 2.24) is 0 Å². The first-order valence-corrected chi connectivity index (χ1v) is 19.9. The highest BCUT2D eigenvalue weighted by Gasteiger charge is 2.16. The molecule has 0 amide bonds. The first-order chi connectivity index (χ1) is 22.9. The molecule has 0 spiro atoms. The van der Waals surface area contributed by atoms with Gasteiger partial charge >= 0.3 is 11.9 Å². The minimum atomic E-state index is -0.814. The molecule has 278 valence electrons. The number of hydrogen-bond acceptors (Lipinski definition) is 7. The number of carbonyl (C=O) groups is 2. The Labute approximate surface area is 289 Å². The molecule has 0 heterocycles. The monoisotopic (exact) mass is 669 g/mol. The second-order valence-corrected chi connectivity index (χ2v) is 13.7. The van der Waals surface area contributed by atoms with Gasteiger partial charge in [0.1, 0.15) is 6.61 Å². The second-order valence-electron chi connectivity index (χ2n) is 13.7. The molecule has 0 aromatic carbocycles. The first-order valence-electron chi connectivity index (χ1n) is 19.9. The van der Waals surface area contributed by atoms with E-state index >= 15 is 0 Å². The van der Waals surface area contributed by atoms with E-state index in [9.17, 15) is 24.9 Å². The lowest BCUT2D eigenvalue weighted by Gasteiger charge is -2.16. The summed E-state index contributed by atoms with van der Waals surface area (Å²) in [6, 6.07) is 0. The van der Waals surface area contributed by atoms with Gasteiger partial charge in [0.05, 0.1) is 18.8 Å². The molecule has 0 saturated carbocycles. The fourth-order valence-electron chi connectivity index (χ4n) is 5.81. The molecular weight excluding hydrogens is 592 g/mol. The molecule has 0 rings (SSSR count). The van der Waals surface area contributed by atoms with Gasteiger partial charge in [-0.05, 0) is 38.5 Å². The Balaban J connectivity index is 3.65. The number of rotatable bonds is 36. The average Bonchev–Trinajstić information content (AvgIpc) is 3.07. The Bertz CT molecular complexity index is 711. The second kappa shape index (κ2) is 35.9. The number of allylic oxidation sites excluding steroid dienone is 1. The zero-order valence-corrected chi connectivity index (χ0v) is 30.8. The van der Waals surface area contributed by atoms with Crippen LogP contribution in [-0.2, 0) is 19.1 Å². The number of ether oxygens (including phenoxy) is 2. The van der Waals surface area contributed by atoms with E-state index in [0.29, 0.717) is 25.7 Å². The smallest absolute Gasteiger partial charge is 0.306 e. The van der Waals surface area contributed by atoms with E-state index < -0.39 is 18.3 Å². The maximum Gasteiger partial charge on any atom is 0.306 e. The molecule has 0 unspecified atom stereocenters. The quantitative estimate of drug-likeness (QED) is 0.0346. The van der Waals surface area contributed by atoms with Crippen LogP contribution in [0.2, 0.25) is 0 Å². The topological polar surface area (TPSA) is 113 Å². The molecule has 3 atom stereocenters. The number of esters is 2. The van der Waals surface area contributed by atoms with E-state index in [1.165, 1.54) is 103 Å². The third-order valence-corrected chi connectivity index (χ3v) is 9.01. The van der Waals surface area contributed by atoms with E-state index in [1.807, 2.05) is 6.08 Å². The van der Waals surface area contributed by atoms with Crippen LogP contribution in [0.4, 0.5) is 0 Å². The van der Waals surface area contributed by atoms with Crippen LogP contribution in [0.15, 0.2) is 12.2 Å². The van der Waals surface area contributed by atoms with E-state index in [-0.39, 0.29) is 31.6 Å². The Morgan fingerprint density at radius 2 is 1.00 bits per heavy atom. The molecule has 0 radical (unpaired) electrons. The summed E-state index contributed by atoms with van der Waals surface area (Å²) in [7, 11) is 0. The molecule has 0 saturated heterocycles. The predicted octanol–water partition coefficient (Wildman–Crippen LogP) is 10.1. The van der Waals surface area contributed by atoms with Crippen LogP contribution >= 0.6 is 0 Å². The van der Waals surface area contributed by atoms with Crippen LogP contribution < -0.4 is 0 Å². The van der Waals surface area contributed by atoms with Gasteiger partial charge in [0.15, 0.2) is 6.10 Å². The number of aliphatic hydroxyl groups is 3. The van der Waals surface area contributed by atoms with Crippen LogP contribution in [0.5, 0.6) is 0 Å². The summed E-state index contributed by atoms with van der Waals surface area (Å²) in [4.78, 5) is 24.3. The molecule has 7 heteroatoms. The number of unbranched alkanes of at least 4 members (excludes halogenated alkanes) is 22. The zero-order valence-electron chi connectivity index (χ0n) is 30.8. The maximum absolute atomic E-state index is 12.2. The Hall–Kier alpha value is -1.44. The molecule has 0 aliphatic heterocycles.